The average Bonchev–Trinajstić information content (AvgIpc) is 2.99. The number of carbonyl (C=O) groups is 1. The molecule has 0 bridgehead atoms. The van der Waals surface area contributed by atoms with E-state index in [9.17, 15) is 4.79 Å². The molecule has 1 aliphatic rings. The lowest BCUT2D eigenvalue weighted by Gasteiger charge is -2.26. The van der Waals surface area contributed by atoms with Crippen LogP contribution in [0.1, 0.15) is 61.9 Å². The predicted molar refractivity (Wildman–Crippen MR) is 84.3 cm³/mol. The fraction of sp³-hybridized carbons (Fsp3) is 0.611. The van der Waals surface area contributed by atoms with Gasteiger partial charge in [0.1, 0.15) is 0 Å². The van der Waals surface area contributed by atoms with Crippen LogP contribution in [0.25, 0.3) is 0 Å². The van der Waals surface area contributed by atoms with Crippen LogP contribution in [0.4, 0.5) is 0 Å². The molecule has 110 valence electrons. The number of Topliss-reactive ketones (excluding diaryl/α,β-unsaturated/α-hetero) is 1. The second kappa shape index (κ2) is 7.58. The summed E-state index contributed by atoms with van der Waals surface area (Å²) in [6.07, 6.45) is 7.41. The summed E-state index contributed by atoms with van der Waals surface area (Å²) in [5.74, 6) is 0.266. The summed E-state index contributed by atoms with van der Waals surface area (Å²) in [4.78, 5) is 14.8. The molecule has 0 aromatic heterocycles. The number of carbonyl (C=O) groups excluding carboxylic acids is 1. The van der Waals surface area contributed by atoms with E-state index in [4.69, 9.17) is 0 Å². The first-order valence-electron chi connectivity index (χ1n) is 8.10. The molecule has 0 heterocycles. The van der Waals surface area contributed by atoms with Gasteiger partial charge in [0.25, 0.3) is 0 Å². The maximum atomic E-state index is 12.4. The largest absolute Gasteiger partial charge is 0.293 e. The number of aryl methyl sites for hydroxylation is 1. The van der Waals surface area contributed by atoms with Gasteiger partial charge in [0.05, 0.1) is 6.54 Å². The van der Waals surface area contributed by atoms with Crippen molar-refractivity contribution in [2.45, 2.75) is 58.4 Å². The van der Waals surface area contributed by atoms with Crippen LogP contribution in [-0.4, -0.2) is 29.8 Å². The third kappa shape index (κ3) is 3.92. The molecule has 1 saturated carbocycles. The van der Waals surface area contributed by atoms with Crippen LogP contribution in [0, 0.1) is 0 Å². The molecule has 0 radical (unpaired) electrons. The van der Waals surface area contributed by atoms with Gasteiger partial charge in [-0.25, -0.2) is 0 Å². The topological polar surface area (TPSA) is 20.3 Å². The summed E-state index contributed by atoms with van der Waals surface area (Å²) in [5.41, 5.74) is 2.19. The molecular weight excluding hydrogens is 246 g/mol. The van der Waals surface area contributed by atoms with Crippen molar-refractivity contribution in [3.05, 3.63) is 35.4 Å². The molecule has 1 aromatic rings. The van der Waals surface area contributed by atoms with E-state index < -0.39 is 0 Å². The van der Waals surface area contributed by atoms with Crippen molar-refractivity contribution in [2.24, 2.45) is 0 Å². The predicted octanol–water partition coefficient (Wildman–Crippen LogP) is 4.09. The number of benzene rings is 1. The van der Waals surface area contributed by atoms with Crippen molar-refractivity contribution in [2.75, 3.05) is 13.1 Å². The van der Waals surface area contributed by atoms with Gasteiger partial charge in [-0.05, 0) is 31.4 Å². The average molecular weight is 273 g/mol. The van der Waals surface area contributed by atoms with Crippen molar-refractivity contribution >= 4 is 5.78 Å². The van der Waals surface area contributed by atoms with Crippen molar-refractivity contribution in [1.82, 2.24) is 4.90 Å². The molecule has 2 nitrogen and oxygen atoms in total. The summed E-state index contributed by atoms with van der Waals surface area (Å²) in [6, 6.07) is 8.82. The van der Waals surface area contributed by atoms with E-state index in [-0.39, 0.29) is 5.78 Å². The summed E-state index contributed by atoms with van der Waals surface area (Å²) < 4.78 is 0. The van der Waals surface area contributed by atoms with Crippen LogP contribution in [-0.2, 0) is 6.42 Å². The minimum absolute atomic E-state index is 0.266. The van der Waals surface area contributed by atoms with Crippen LogP contribution in [0.15, 0.2) is 24.3 Å². The van der Waals surface area contributed by atoms with Crippen LogP contribution < -0.4 is 0 Å². The van der Waals surface area contributed by atoms with Gasteiger partial charge in [-0.15, -0.1) is 0 Å². The fourth-order valence-electron chi connectivity index (χ4n) is 3.19. The smallest absolute Gasteiger partial charge is 0.176 e. The number of nitrogens with zero attached hydrogens (tertiary/aromatic N) is 1. The van der Waals surface area contributed by atoms with Crippen LogP contribution in [0.2, 0.25) is 0 Å². The van der Waals surface area contributed by atoms with Gasteiger partial charge in [0, 0.05) is 11.6 Å². The van der Waals surface area contributed by atoms with E-state index >= 15 is 0 Å². The normalized spacial score (nSPS) is 15.9. The molecule has 0 aliphatic heterocycles. The Hall–Kier alpha value is -1.15. The molecular formula is C18H27NO. The second-order valence-electron chi connectivity index (χ2n) is 5.87. The van der Waals surface area contributed by atoms with E-state index in [1.54, 1.807) is 0 Å². The first-order valence-corrected chi connectivity index (χ1v) is 8.10. The lowest BCUT2D eigenvalue weighted by molar-refractivity contribution is 0.0899. The summed E-state index contributed by atoms with van der Waals surface area (Å²) in [7, 11) is 0. The monoisotopic (exact) mass is 273 g/mol. The molecule has 0 amide bonds. The zero-order chi connectivity index (χ0) is 14.4. The number of likely N-dealkylation sites (N-methyl/N-ethyl adjacent to an activating group) is 1. The number of hydrogen-bond acceptors (Lipinski definition) is 2. The van der Waals surface area contributed by atoms with Gasteiger partial charge in [0.2, 0.25) is 0 Å². The molecule has 1 aromatic carbocycles. The Morgan fingerprint density at radius 1 is 1.15 bits per heavy atom. The van der Waals surface area contributed by atoms with E-state index in [1.807, 2.05) is 12.1 Å². The zero-order valence-electron chi connectivity index (χ0n) is 12.9. The highest BCUT2D eigenvalue weighted by molar-refractivity contribution is 5.97. The van der Waals surface area contributed by atoms with Gasteiger partial charge >= 0.3 is 0 Å². The Bertz CT molecular complexity index is 418. The maximum Gasteiger partial charge on any atom is 0.176 e. The minimum Gasteiger partial charge on any atom is -0.293 e. The first-order chi connectivity index (χ1) is 9.74. The Kier molecular flexibility index (Phi) is 5.78. The Balaban J connectivity index is 1.95. The third-order valence-electron chi connectivity index (χ3n) is 4.41. The molecule has 2 rings (SSSR count). The van der Waals surface area contributed by atoms with Gasteiger partial charge < -0.3 is 0 Å². The van der Waals surface area contributed by atoms with Gasteiger partial charge in [0.15, 0.2) is 5.78 Å². The highest BCUT2D eigenvalue weighted by atomic mass is 16.1. The first kappa shape index (κ1) is 15.2. The van der Waals surface area contributed by atoms with Crippen LogP contribution >= 0.6 is 0 Å². The van der Waals surface area contributed by atoms with Crippen molar-refractivity contribution < 1.29 is 4.79 Å². The molecule has 1 aliphatic carbocycles. The van der Waals surface area contributed by atoms with Crippen molar-refractivity contribution in [1.29, 1.82) is 0 Å². The molecule has 0 unspecified atom stereocenters. The quantitative estimate of drug-likeness (QED) is 0.697. The number of hydrogen-bond donors (Lipinski definition) is 0. The maximum absolute atomic E-state index is 12.4. The molecule has 0 spiro atoms. The van der Waals surface area contributed by atoms with E-state index in [1.165, 1.54) is 31.2 Å². The lowest BCUT2D eigenvalue weighted by Crippen LogP contribution is -2.37. The van der Waals surface area contributed by atoms with E-state index in [0.717, 1.165) is 24.9 Å². The molecule has 20 heavy (non-hydrogen) atoms. The number of rotatable bonds is 7. The van der Waals surface area contributed by atoms with E-state index in [2.05, 4.69) is 30.9 Å². The lowest BCUT2D eigenvalue weighted by atomic mass is 10.0. The van der Waals surface area contributed by atoms with Gasteiger partial charge in [-0.1, -0.05) is 57.4 Å². The summed E-state index contributed by atoms with van der Waals surface area (Å²) in [5, 5.41) is 0. The van der Waals surface area contributed by atoms with Crippen molar-refractivity contribution in [3.63, 3.8) is 0 Å². The SMILES string of the molecule is CCCc1ccc(C(=O)CN(CC)C2CCCC2)cc1. The minimum atomic E-state index is 0.266. The molecule has 1 fully saturated rings. The standard InChI is InChI=1S/C18H27NO/c1-3-7-15-10-12-16(13-11-15)18(20)14-19(4-2)17-8-5-6-9-17/h10-13,17H,3-9,14H2,1-2H3. The Labute approximate surface area is 123 Å². The third-order valence-corrected chi connectivity index (χ3v) is 4.41. The van der Waals surface area contributed by atoms with Crippen molar-refractivity contribution in [3.8, 4) is 0 Å². The zero-order valence-corrected chi connectivity index (χ0v) is 12.9. The van der Waals surface area contributed by atoms with Gasteiger partial charge in [-0.3, -0.25) is 9.69 Å². The highest BCUT2D eigenvalue weighted by Crippen LogP contribution is 2.23. The number of ketones is 1. The van der Waals surface area contributed by atoms with Gasteiger partial charge in [-0.2, -0.15) is 0 Å². The highest BCUT2D eigenvalue weighted by Gasteiger charge is 2.23. The molecule has 2 heteroatoms. The molecule has 0 saturated heterocycles. The summed E-state index contributed by atoms with van der Waals surface area (Å²) in [6.45, 7) is 5.90. The van der Waals surface area contributed by atoms with Crippen LogP contribution in [0.5, 0.6) is 0 Å². The molecule has 0 atom stereocenters. The fourth-order valence-corrected chi connectivity index (χ4v) is 3.19. The molecule has 0 N–H and O–H groups in total. The Morgan fingerprint density at radius 2 is 1.80 bits per heavy atom. The van der Waals surface area contributed by atoms with Crippen LogP contribution in [0.3, 0.4) is 0 Å². The Morgan fingerprint density at radius 3 is 2.35 bits per heavy atom. The second-order valence-corrected chi connectivity index (χ2v) is 5.87. The van der Waals surface area contributed by atoms with E-state index in [0.29, 0.717) is 12.6 Å². The summed E-state index contributed by atoms with van der Waals surface area (Å²) >= 11 is 0.